The topological polar surface area (TPSA) is 51.8 Å². The fourth-order valence-electron chi connectivity index (χ4n) is 2.49. The van der Waals surface area contributed by atoms with Crippen LogP contribution in [-0.2, 0) is 13.6 Å². The lowest BCUT2D eigenvalue weighted by molar-refractivity contribution is 0.307. The Morgan fingerprint density at radius 2 is 2.22 bits per heavy atom. The molecule has 1 fully saturated rings. The summed E-state index contributed by atoms with van der Waals surface area (Å²) >= 11 is 0. The molecule has 0 aliphatic carbocycles. The molecule has 18 heavy (non-hydrogen) atoms. The Kier molecular flexibility index (Phi) is 2.87. The van der Waals surface area contributed by atoms with Crippen LogP contribution in [0, 0.1) is 6.92 Å². The molecule has 0 spiro atoms. The van der Waals surface area contributed by atoms with E-state index < -0.39 is 0 Å². The molecule has 3 heterocycles. The van der Waals surface area contributed by atoms with Gasteiger partial charge in [-0.2, -0.15) is 20.1 Å². The highest BCUT2D eigenvalue weighted by atomic mass is 15.5. The summed E-state index contributed by atoms with van der Waals surface area (Å²) in [7, 11) is 1.85. The summed E-state index contributed by atoms with van der Waals surface area (Å²) in [6, 6.07) is 0.496. The Balaban J connectivity index is 1.61. The molecule has 1 unspecified atom stereocenters. The van der Waals surface area contributed by atoms with E-state index >= 15 is 0 Å². The minimum absolute atomic E-state index is 0.496. The van der Waals surface area contributed by atoms with Gasteiger partial charge in [0.1, 0.15) is 0 Å². The van der Waals surface area contributed by atoms with Gasteiger partial charge < -0.3 is 0 Å². The van der Waals surface area contributed by atoms with Gasteiger partial charge in [0.15, 0.2) is 0 Å². The third-order valence-corrected chi connectivity index (χ3v) is 3.38. The van der Waals surface area contributed by atoms with Crippen molar-refractivity contribution in [1.29, 1.82) is 0 Å². The van der Waals surface area contributed by atoms with Gasteiger partial charge in [0.25, 0.3) is 0 Å². The summed E-state index contributed by atoms with van der Waals surface area (Å²) in [5.41, 5.74) is 2.26. The fraction of sp³-hybridized carbons (Fsp3) is 0.583. The van der Waals surface area contributed by atoms with Crippen LogP contribution in [0.25, 0.3) is 0 Å². The molecule has 0 bridgehead atoms. The highest BCUT2D eigenvalue weighted by Gasteiger charge is 2.24. The molecule has 1 aliphatic rings. The highest BCUT2D eigenvalue weighted by Crippen LogP contribution is 2.22. The number of hydrogen-bond donors (Lipinski definition) is 0. The summed E-state index contributed by atoms with van der Waals surface area (Å²) < 4.78 is 2.09. The van der Waals surface area contributed by atoms with Gasteiger partial charge in [-0.3, -0.25) is 9.58 Å². The maximum Gasteiger partial charge on any atom is 0.0967 e. The Hall–Kier alpha value is -1.69. The van der Waals surface area contributed by atoms with E-state index in [9.17, 15) is 0 Å². The fourth-order valence-corrected chi connectivity index (χ4v) is 2.49. The van der Waals surface area contributed by atoms with Crippen LogP contribution in [0.4, 0.5) is 0 Å². The first-order valence-electron chi connectivity index (χ1n) is 6.29. The smallest absolute Gasteiger partial charge is 0.0967 e. The van der Waals surface area contributed by atoms with Gasteiger partial charge in [-0.15, -0.1) is 0 Å². The molecule has 6 heteroatoms. The molecule has 0 aromatic carbocycles. The maximum atomic E-state index is 4.40. The standard InChI is InChI=1S/C12H18N6/c1-10-5-14-18(7-10)12-3-4-17(9-12)8-11-6-13-16(2)15-11/h5-7,12H,3-4,8-9H2,1-2H3. The molecular formula is C12H18N6. The molecule has 0 saturated carbocycles. The van der Waals surface area contributed by atoms with E-state index in [-0.39, 0.29) is 0 Å². The molecule has 96 valence electrons. The first-order valence-corrected chi connectivity index (χ1v) is 6.29. The third-order valence-electron chi connectivity index (χ3n) is 3.38. The second kappa shape index (κ2) is 4.53. The lowest BCUT2D eigenvalue weighted by Gasteiger charge is -2.14. The van der Waals surface area contributed by atoms with E-state index in [0.717, 1.165) is 31.7 Å². The predicted molar refractivity (Wildman–Crippen MR) is 66.9 cm³/mol. The summed E-state index contributed by atoms with van der Waals surface area (Å²) in [4.78, 5) is 4.02. The van der Waals surface area contributed by atoms with E-state index in [1.165, 1.54) is 5.56 Å². The van der Waals surface area contributed by atoms with Crippen molar-refractivity contribution in [3.63, 3.8) is 0 Å². The third kappa shape index (κ3) is 2.28. The van der Waals surface area contributed by atoms with Crippen LogP contribution < -0.4 is 0 Å². The molecule has 3 rings (SSSR count). The summed E-state index contributed by atoms with van der Waals surface area (Å²) in [6.45, 7) is 5.10. The largest absolute Gasteiger partial charge is 0.295 e. The van der Waals surface area contributed by atoms with Crippen molar-refractivity contribution in [1.82, 2.24) is 29.7 Å². The minimum atomic E-state index is 0.496. The zero-order valence-electron chi connectivity index (χ0n) is 10.8. The molecule has 0 N–H and O–H groups in total. The lowest BCUT2D eigenvalue weighted by Crippen LogP contribution is -2.21. The van der Waals surface area contributed by atoms with Crippen molar-refractivity contribution in [2.24, 2.45) is 7.05 Å². The van der Waals surface area contributed by atoms with Crippen molar-refractivity contribution >= 4 is 0 Å². The number of hydrogen-bond acceptors (Lipinski definition) is 4. The number of nitrogens with zero attached hydrogens (tertiary/aromatic N) is 6. The Bertz CT molecular complexity index is 528. The molecule has 6 nitrogen and oxygen atoms in total. The Morgan fingerprint density at radius 1 is 1.33 bits per heavy atom. The van der Waals surface area contributed by atoms with Gasteiger partial charge in [-0.1, -0.05) is 0 Å². The van der Waals surface area contributed by atoms with Gasteiger partial charge in [-0.05, 0) is 18.9 Å². The molecule has 1 atom stereocenters. The average molecular weight is 246 g/mol. The van der Waals surface area contributed by atoms with Crippen LogP contribution in [0.3, 0.4) is 0 Å². The predicted octanol–water partition coefficient (Wildman–Crippen LogP) is 0.767. The Labute approximate surface area is 106 Å². The van der Waals surface area contributed by atoms with Gasteiger partial charge in [0.05, 0.1) is 24.1 Å². The van der Waals surface area contributed by atoms with Crippen molar-refractivity contribution in [2.75, 3.05) is 13.1 Å². The normalized spacial score (nSPS) is 20.7. The molecule has 1 aliphatic heterocycles. The first-order chi connectivity index (χ1) is 8.70. The average Bonchev–Trinajstić information content (AvgIpc) is 3.01. The molecule has 2 aromatic rings. The monoisotopic (exact) mass is 246 g/mol. The Morgan fingerprint density at radius 3 is 2.89 bits per heavy atom. The molecule has 0 radical (unpaired) electrons. The van der Waals surface area contributed by atoms with Crippen LogP contribution in [0.5, 0.6) is 0 Å². The molecule has 2 aromatic heterocycles. The van der Waals surface area contributed by atoms with E-state index in [1.807, 2.05) is 19.4 Å². The van der Waals surface area contributed by atoms with E-state index in [2.05, 4.69) is 38.0 Å². The van der Waals surface area contributed by atoms with E-state index in [0.29, 0.717) is 6.04 Å². The number of aryl methyl sites for hydroxylation is 2. The zero-order valence-corrected chi connectivity index (χ0v) is 10.8. The molecule has 1 saturated heterocycles. The van der Waals surface area contributed by atoms with Gasteiger partial charge in [0, 0.05) is 32.9 Å². The number of rotatable bonds is 3. The second-order valence-electron chi connectivity index (χ2n) is 5.00. The van der Waals surface area contributed by atoms with Crippen molar-refractivity contribution < 1.29 is 0 Å². The van der Waals surface area contributed by atoms with Crippen molar-refractivity contribution in [3.05, 3.63) is 29.8 Å². The van der Waals surface area contributed by atoms with Gasteiger partial charge in [-0.25, -0.2) is 0 Å². The van der Waals surface area contributed by atoms with Crippen molar-refractivity contribution in [3.8, 4) is 0 Å². The molecule has 0 amide bonds. The zero-order chi connectivity index (χ0) is 12.5. The van der Waals surface area contributed by atoms with Gasteiger partial charge >= 0.3 is 0 Å². The van der Waals surface area contributed by atoms with E-state index in [1.54, 1.807) is 4.80 Å². The summed E-state index contributed by atoms with van der Waals surface area (Å²) in [5, 5.41) is 12.8. The SMILES string of the molecule is Cc1cnn(C2CCN(Cc3cnn(C)n3)C2)c1. The highest BCUT2D eigenvalue weighted by molar-refractivity contribution is 5.01. The number of aromatic nitrogens is 5. The van der Waals surface area contributed by atoms with Crippen LogP contribution >= 0.6 is 0 Å². The lowest BCUT2D eigenvalue weighted by atomic mass is 10.3. The van der Waals surface area contributed by atoms with Crippen molar-refractivity contribution in [2.45, 2.75) is 25.9 Å². The second-order valence-corrected chi connectivity index (χ2v) is 5.00. The minimum Gasteiger partial charge on any atom is -0.295 e. The van der Waals surface area contributed by atoms with E-state index in [4.69, 9.17) is 0 Å². The van der Waals surface area contributed by atoms with Crippen LogP contribution in [0.1, 0.15) is 23.7 Å². The molecular weight excluding hydrogens is 228 g/mol. The van der Waals surface area contributed by atoms with Gasteiger partial charge in [0.2, 0.25) is 0 Å². The first kappa shape index (κ1) is 11.4. The van der Waals surface area contributed by atoms with Crippen LogP contribution in [0.2, 0.25) is 0 Å². The quantitative estimate of drug-likeness (QED) is 0.802. The van der Waals surface area contributed by atoms with Crippen LogP contribution in [0.15, 0.2) is 18.6 Å². The number of likely N-dealkylation sites (tertiary alicyclic amines) is 1. The van der Waals surface area contributed by atoms with Crippen LogP contribution in [-0.4, -0.2) is 42.8 Å². The maximum absolute atomic E-state index is 4.40. The summed E-state index contributed by atoms with van der Waals surface area (Å²) in [6.07, 6.45) is 7.04. The summed E-state index contributed by atoms with van der Waals surface area (Å²) in [5.74, 6) is 0.